The van der Waals surface area contributed by atoms with Crippen LogP contribution in [0.5, 0.6) is 5.75 Å². The molecule has 3 aromatic rings. The van der Waals surface area contributed by atoms with Gasteiger partial charge < -0.3 is 15.4 Å². The van der Waals surface area contributed by atoms with E-state index in [1.165, 1.54) is 54.3 Å². The molecule has 3 rings (SSSR count). The Labute approximate surface area is 197 Å². The summed E-state index contributed by atoms with van der Waals surface area (Å²) in [5.41, 5.74) is 2.03. The van der Waals surface area contributed by atoms with E-state index in [1.54, 1.807) is 24.3 Å². The maximum Gasteiger partial charge on any atom is 0.264 e. The third-order valence-electron chi connectivity index (χ3n) is 3.95. The average Bonchev–Trinajstić information content (AvgIpc) is 3.21. The van der Waals surface area contributed by atoms with Crippen molar-refractivity contribution < 1.29 is 23.5 Å². The summed E-state index contributed by atoms with van der Waals surface area (Å²) < 4.78 is 18.2. The second-order valence-electron chi connectivity index (χ2n) is 6.73. The topological polar surface area (TPSA) is 109 Å². The van der Waals surface area contributed by atoms with Crippen molar-refractivity contribution in [3.05, 3.63) is 65.4 Å². The lowest BCUT2D eigenvalue weighted by molar-refractivity contribution is -0.118. The van der Waals surface area contributed by atoms with E-state index < -0.39 is 0 Å². The van der Waals surface area contributed by atoms with Crippen LogP contribution >= 0.6 is 23.1 Å². The van der Waals surface area contributed by atoms with Gasteiger partial charge >= 0.3 is 0 Å². The van der Waals surface area contributed by atoms with Gasteiger partial charge in [0.05, 0.1) is 11.4 Å². The third kappa shape index (κ3) is 8.54. The number of benzene rings is 2. The van der Waals surface area contributed by atoms with Gasteiger partial charge in [-0.05, 0) is 48.5 Å². The Morgan fingerprint density at radius 3 is 2.30 bits per heavy atom. The fraction of sp³-hybridized carbons (Fsp3) is 0.182. The summed E-state index contributed by atoms with van der Waals surface area (Å²) in [7, 11) is 0. The fourth-order valence-electron chi connectivity index (χ4n) is 2.55. The average molecular weight is 489 g/mol. The molecule has 2 aromatic carbocycles. The van der Waals surface area contributed by atoms with Crippen LogP contribution in [0.4, 0.5) is 20.9 Å². The van der Waals surface area contributed by atoms with Gasteiger partial charge in [0, 0.05) is 29.4 Å². The molecule has 0 aliphatic rings. The Hall–Kier alpha value is -3.44. The number of aromatic nitrogens is 1. The van der Waals surface area contributed by atoms with Crippen molar-refractivity contribution in [1.29, 1.82) is 0 Å². The summed E-state index contributed by atoms with van der Waals surface area (Å²) >= 11 is 2.67. The third-order valence-corrected chi connectivity index (χ3v) is 5.73. The Morgan fingerprint density at radius 2 is 1.64 bits per heavy atom. The van der Waals surface area contributed by atoms with Gasteiger partial charge in [-0.1, -0.05) is 0 Å². The van der Waals surface area contributed by atoms with Crippen LogP contribution in [0.25, 0.3) is 0 Å². The molecular weight excluding hydrogens is 467 g/mol. The lowest BCUT2D eigenvalue weighted by Crippen LogP contribution is -2.20. The molecule has 0 saturated carbocycles. The first-order valence-corrected chi connectivity index (χ1v) is 11.8. The first-order valence-electron chi connectivity index (χ1n) is 9.75. The van der Waals surface area contributed by atoms with Crippen LogP contribution in [0.1, 0.15) is 12.6 Å². The Bertz CT molecular complexity index is 1100. The Balaban J connectivity index is 1.36. The number of thiazole rings is 1. The van der Waals surface area contributed by atoms with E-state index in [0.717, 1.165) is 5.69 Å². The Morgan fingerprint density at radius 1 is 0.970 bits per heavy atom. The van der Waals surface area contributed by atoms with Crippen molar-refractivity contribution in [3.8, 4) is 5.75 Å². The second kappa shape index (κ2) is 12.0. The largest absolute Gasteiger partial charge is 0.484 e. The maximum atomic E-state index is 12.9. The molecule has 0 radical (unpaired) electrons. The minimum Gasteiger partial charge on any atom is -0.484 e. The van der Waals surface area contributed by atoms with Gasteiger partial charge in [0.15, 0.2) is 11.7 Å². The summed E-state index contributed by atoms with van der Waals surface area (Å²) in [5, 5.41) is 10.3. The van der Waals surface area contributed by atoms with Gasteiger partial charge in [0.25, 0.3) is 5.91 Å². The standard InChI is InChI=1S/C22H21FN4O4S2/c1-14(28)24-16-4-6-17(7-5-16)25-21(30)13-32-11-18-12-33-22(26-18)27-20(29)10-31-19-8-2-15(23)3-9-19/h2-9,12H,10-11,13H2,1H3,(H,24,28)(H,25,30)(H,26,27,29). The lowest BCUT2D eigenvalue weighted by Gasteiger charge is -2.07. The number of hydrogen-bond donors (Lipinski definition) is 3. The van der Waals surface area contributed by atoms with Crippen LogP contribution < -0.4 is 20.7 Å². The van der Waals surface area contributed by atoms with E-state index in [1.807, 2.05) is 5.38 Å². The van der Waals surface area contributed by atoms with E-state index >= 15 is 0 Å². The molecule has 0 unspecified atom stereocenters. The number of amides is 3. The summed E-state index contributed by atoms with van der Waals surface area (Å²) in [6.45, 7) is 1.21. The number of carbonyl (C=O) groups excluding carboxylic acids is 3. The molecule has 3 N–H and O–H groups in total. The molecule has 0 fully saturated rings. The van der Waals surface area contributed by atoms with Crippen LogP contribution in [0.3, 0.4) is 0 Å². The zero-order valence-corrected chi connectivity index (χ0v) is 19.2. The highest BCUT2D eigenvalue weighted by atomic mass is 32.2. The summed E-state index contributed by atoms with van der Waals surface area (Å²) in [6, 6.07) is 12.2. The predicted octanol–water partition coefficient (Wildman–Crippen LogP) is 4.13. The number of hydrogen-bond acceptors (Lipinski definition) is 7. The monoisotopic (exact) mass is 488 g/mol. The van der Waals surface area contributed by atoms with Crippen molar-refractivity contribution in [2.24, 2.45) is 0 Å². The highest BCUT2D eigenvalue weighted by Crippen LogP contribution is 2.20. The maximum absolute atomic E-state index is 12.9. The van der Waals surface area contributed by atoms with Gasteiger partial charge in [-0.25, -0.2) is 9.37 Å². The molecule has 0 aliphatic heterocycles. The first kappa shape index (κ1) is 24.2. The number of rotatable bonds is 10. The fourth-order valence-corrected chi connectivity index (χ4v) is 4.10. The molecule has 1 aromatic heterocycles. The zero-order chi connectivity index (χ0) is 23.6. The molecule has 3 amide bonds. The van der Waals surface area contributed by atoms with Crippen molar-refractivity contribution in [2.75, 3.05) is 28.3 Å². The van der Waals surface area contributed by atoms with Crippen molar-refractivity contribution >= 4 is 57.3 Å². The van der Waals surface area contributed by atoms with Crippen LogP contribution in [-0.4, -0.2) is 35.1 Å². The molecule has 8 nitrogen and oxygen atoms in total. The molecule has 0 bridgehead atoms. The quantitative estimate of drug-likeness (QED) is 0.396. The van der Waals surface area contributed by atoms with Crippen molar-refractivity contribution in [3.63, 3.8) is 0 Å². The number of halogens is 1. The van der Waals surface area contributed by atoms with Gasteiger partial charge in [0.2, 0.25) is 11.8 Å². The number of nitrogens with one attached hydrogen (secondary N) is 3. The SMILES string of the molecule is CC(=O)Nc1ccc(NC(=O)CSCc2csc(NC(=O)COc3ccc(F)cc3)n2)cc1. The number of nitrogens with zero attached hydrogens (tertiary/aromatic N) is 1. The molecule has 172 valence electrons. The number of anilines is 3. The van der Waals surface area contributed by atoms with Crippen LogP contribution in [-0.2, 0) is 20.1 Å². The summed E-state index contributed by atoms with van der Waals surface area (Å²) in [4.78, 5) is 39.5. The van der Waals surface area contributed by atoms with E-state index in [9.17, 15) is 18.8 Å². The molecule has 0 saturated heterocycles. The van der Waals surface area contributed by atoms with Crippen LogP contribution in [0.15, 0.2) is 53.9 Å². The Kier molecular flexibility index (Phi) is 8.79. The number of ether oxygens (including phenoxy) is 1. The van der Waals surface area contributed by atoms with Crippen LogP contribution in [0.2, 0.25) is 0 Å². The van der Waals surface area contributed by atoms with E-state index in [-0.39, 0.29) is 35.9 Å². The molecule has 11 heteroatoms. The second-order valence-corrected chi connectivity index (χ2v) is 8.58. The van der Waals surface area contributed by atoms with Gasteiger partial charge in [-0.2, -0.15) is 0 Å². The minimum absolute atomic E-state index is 0.158. The predicted molar refractivity (Wildman–Crippen MR) is 128 cm³/mol. The molecular formula is C22H21FN4O4S2. The summed E-state index contributed by atoms with van der Waals surface area (Å²) in [5.74, 6) is 0.0579. The summed E-state index contributed by atoms with van der Waals surface area (Å²) in [6.07, 6.45) is 0. The van der Waals surface area contributed by atoms with Gasteiger partial charge in [0.1, 0.15) is 11.6 Å². The van der Waals surface area contributed by atoms with Gasteiger partial charge in [-0.3, -0.25) is 19.7 Å². The van der Waals surface area contributed by atoms with E-state index in [2.05, 4.69) is 20.9 Å². The molecule has 33 heavy (non-hydrogen) atoms. The number of carbonyl (C=O) groups is 3. The first-order chi connectivity index (χ1) is 15.9. The zero-order valence-electron chi connectivity index (χ0n) is 17.6. The van der Waals surface area contributed by atoms with Crippen LogP contribution in [0, 0.1) is 5.82 Å². The van der Waals surface area contributed by atoms with Gasteiger partial charge in [-0.15, -0.1) is 23.1 Å². The minimum atomic E-state index is -0.380. The highest BCUT2D eigenvalue weighted by molar-refractivity contribution is 7.99. The number of thioether (sulfide) groups is 1. The van der Waals surface area contributed by atoms with E-state index in [4.69, 9.17) is 4.74 Å². The normalized spacial score (nSPS) is 10.4. The molecule has 1 heterocycles. The lowest BCUT2D eigenvalue weighted by atomic mass is 10.3. The van der Waals surface area contributed by atoms with Crippen molar-refractivity contribution in [1.82, 2.24) is 4.98 Å². The molecule has 0 spiro atoms. The molecule has 0 atom stereocenters. The molecule has 0 aliphatic carbocycles. The smallest absolute Gasteiger partial charge is 0.264 e. The highest BCUT2D eigenvalue weighted by Gasteiger charge is 2.09. The van der Waals surface area contributed by atoms with E-state index in [0.29, 0.717) is 28.0 Å². The van der Waals surface area contributed by atoms with Crippen molar-refractivity contribution in [2.45, 2.75) is 12.7 Å².